The lowest BCUT2D eigenvalue weighted by atomic mass is 10.1. The number of para-hydroxylation sites is 1. The Balaban J connectivity index is 1.61. The van der Waals surface area contributed by atoms with Crippen LogP contribution in [0.15, 0.2) is 66.9 Å². The van der Waals surface area contributed by atoms with Gasteiger partial charge in [-0.3, -0.25) is 9.78 Å². The predicted octanol–water partition coefficient (Wildman–Crippen LogP) is 4.63. The number of nitrogens with one attached hydrogen (secondary N) is 1. The highest BCUT2D eigenvalue weighted by atomic mass is 35.5. The Morgan fingerprint density at radius 1 is 1.08 bits per heavy atom. The Morgan fingerprint density at radius 3 is 2.69 bits per heavy atom. The fourth-order valence-corrected chi connectivity index (χ4v) is 2.95. The maximum atomic E-state index is 12.7. The minimum atomic E-state index is -0.254. The molecule has 0 saturated carbocycles. The first-order valence-electron chi connectivity index (χ1n) is 8.09. The monoisotopic (exact) mass is 362 g/mol. The summed E-state index contributed by atoms with van der Waals surface area (Å²) in [5.74, 6) is 0.222. The molecule has 0 aliphatic heterocycles. The summed E-state index contributed by atoms with van der Waals surface area (Å²) in [5.41, 5.74) is 2.87. The molecule has 1 N–H and O–H groups in total. The van der Waals surface area contributed by atoms with Crippen molar-refractivity contribution in [2.45, 2.75) is 6.92 Å². The van der Waals surface area contributed by atoms with Crippen molar-refractivity contribution in [3.8, 4) is 5.69 Å². The van der Waals surface area contributed by atoms with Crippen LogP contribution in [-0.2, 0) is 0 Å². The summed E-state index contributed by atoms with van der Waals surface area (Å²) < 4.78 is 1.71. The number of anilines is 1. The number of aromatic nitrogens is 3. The van der Waals surface area contributed by atoms with Crippen LogP contribution in [0.25, 0.3) is 16.6 Å². The number of pyridine rings is 1. The number of aryl methyl sites for hydroxylation is 1. The van der Waals surface area contributed by atoms with Crippen molar-refractivity contribution in [1.82, 2.24) is 14.8 Å². The molecule has 2 aromatic carbocycles. The summed E-state index contributed by atoms with van der Waals surface area (Å²) in [6.07, 6.45) is 1.80. The molecule has 0 spiro atoms. The highest BCUT2D eigenvalue weighted by Crippen LogP contribution is 2.21. The smallest absolute Gasteiger partial charge is 0.258 e. The Hall–Kier alpha value is -3.18. The van der Waals surface area contributed by atoms with Crippen LogP contribution in [0, 0.1) is 6.92 Å². The highest BCUT2D eigenvalue weighted by Gasteiger charge is 2.13. The lowest BCUT2D eigenvalue weighted by molar-refractivity contribution is 0.102. The van der Waals surface area contributed by atoms with E-state index in [4.69, 9.17) is 11.6 Å². The Morgan fingerprint density at radius 2 is 1.88 bits per heavy atom. The number of nitrogens with zero attached hydrogens (tertiary/aromatic N) is 3. The van der Waals surface area contributed by atoms with E-state index in [9.17, 15) is 4.79 Å². The fourth-order valence-electron chi connectivity index (χ4n) is 2.77. The van der Waals surface area contributed by atoms with Crippen molar-refractivity contribution >= 4 is 34.2 Å². The zero-order valence-electron chi connectivity index (χ0n) is 14.0. The van der Waals surface area contributed by atoms with Gasteiger partial charge in [0.25, 0.3) is 5.91 Å². The number of benzene rings is 2. The molecule has 4 rings (SSSR count). The third-order valence-electron chi connectivity index (χ3n) is 4.06. The molecular formula is C20H15ClN4O. The molecule has 26 heavy (non-hydrogen) atoms. The van der Waals surface area contributed by atoms with Crippen LogP contribution in [0.5, 0.6) is 0 Å². The van der Waals surface area contributed by atoms with Crippen molar-refractivity contribution in [2.75, 3.05) is 5.32 Å². The van der Waals surface area contributed by atoms with E-state index in [1.54, 1.807) is 35.1 Å². The molecule has 0 saturated heterocycles. The number of carbonyl (C=O) groups excluding carboxylic acids is 1. The number of rotatable bonds is 3. The van der Waals surface area contributed by atoms with E-state index in [0.29, 0.717) is 22.1 Å². The second-order valence-electron chi connectivity index (χ2n) is 5.89. The van der Waals surface area contributed by atoms with Gasteiger partial charge in [0.15, 0.2) is 5.82 Å². The zero-order chi connectivity index (χ0) is 18.1. The van der Waals surface area contributed by atoms with Crippen LogP contribution in [0.1, 0.15) is 16.1 Å². The topological polar surface area (TPSA) is 59.8 Å². The van der Waals surface area contributed by atoms with E-state index in [-0.39, 0.29) is 5.91 Å². The van der Waals surface area contributed by atoms with Gasteiger partial charge in [0, 0.05) is 22.7 Å². The molecule has 0 atom stereocenters. The first-order chi connectivity index (χ1) is 12.6. The zero-order valence-corrected chi connectivity index (χ0v) is 14.7. The Labute approximate surface area is 155 Å². The average molecular weight is 363 g/mol. The first kappa shape index (κ1) is 16.3. The second-order valence-corrected chi connectivity index (χ2v) is 6.33. The minimum absolute atomic E-state index is 0.254. The molecule has 0 aliphatic carbocycles. The summed E-state index contributed by atoms with van der Waals surface area (Å²) in [6, 6.07) is 18.7. The highest BCUT2D eigenvalue weighted by molar-refractivity contribution is 6.31. The van der Waals surface area contributed by atoms with Gasteiger partial charge in [-0.15, -0.1) is 0 Å². The van der Waals surface area contributed by atoms with Gasteiger partial charge in [0.1, 0.15) is 0 Å². The second kappa shape index (κ2) is 6.61. The van der Waals surface area contributed by atoms with Crippen LogP contribution >= 0.6 is 11.6 Å². The number of halogens is 1. The molecule has 128 valence electrons. The van der Waals surface area contributed by atoms with E-state index >= 15 is 0 Å². The maximum absolute atomic E-state index is 12.7. The van der Waals surface area contributed by atoms with Crippen molar-refractivity contribution in [1.29, 1.82) is 0 Å². The van der Waals surface area contributed by atoms with Crippen LogP contribution in [0.3, 0.4) is 0 Å². The molecule has 2 aromatic heterocycles. The van der Waals surface area contributed by atoms with Gasteiger partial charge in [0.2, 0.25) is 0 Å². The summed E-state index contributed by atoms with van der Waals surface area (Å²) >= 11 is 6.04. The molecule has 0 aliphatic rings. The predicted molar refractivity (Wildman–Crippen MR) is 103 cm³/mol. The van der Waals surface area contributed by atoms with E-state index in [0.717, 1.165) is 16.6 Å². The van der Waals surface area contributed by atoms with Crippen LogP contribution in [-0.4, -0.2) is 20.7 Å². The number of hydrogen-bond donors (Lipinski definition) is 1. The quantitative estimate of drug-likeness (QED) is 0.577. The molecular weight excluding hydrogens is 348 g/mol. The van der Waals surface area contributed by atoms with Crippen LogP contribution in [0.2, 0.25) is 5.02 Å². The van der Waals surface area contributed by atoms with Crippen molar-refractivity contribution < 1.29 is 4.79 Å². The molecule has 1 amide bonds. The van der Waals surface area contributed by atoms with Crippen molar-refractivity contribution in [2.24, 2.45) is 0 Å². The molecule has 5 nitrogen and oxygen atoms in total. The number of amides is 1. The van der Waals surface area contributed by atoms with Gasteiger partial charge in [-0.25, -0.2) is 4.68 Å². The number of fused-ring (bicyclic) bond motifs is 1. The van der Waals surface area contributed by atoms with Crippen molar-refractivity contribution in [3.63, 3.8) is 0 Å². The standard InChI is InChI=1S/C20H15ClN4O/c1-13-17(12-14-11-15(21)7-8-18(14)22-13)20(26)23-19-9-10-25(24-19)16-5-3-2-4-6-16/h2-12H,1H3,(H,23,24,26). The Kier molecular flexibility index (Phi) is 4.14. The molecule has 0 unspecified atom stereocenters. The largest absolute Gasteiger partial charge is 0.305 e. The fraction of sp³-hybridized carbons (Fsp3) is 0.0500. The van der Waals surface area contributed by atoms with Gasteiger partial charge >= 0.3 is 0 Å². The molecule has 0 fully saturated rings. The van der Waals surface area contributed by atoms with E-state index in [1.807, 2.05) is 43.3 Å². The minimum Gasteiger partial charge on any atom is -0.305 e. The summed E-state index contributed by atoms with van der Waals surface area (Å²) in [7, 11) is 0. The maximum Gasteiger partial charge on any atom is 0.258 e. The number of hydrogen-bond acceptors (Lipinski definition) is 3. The van der Waals surface area contributed by atoms with Gasteiger partial charge in [-0.2, -0.15) is 5.10 Å². The normalized spacial score (nSPS) is 10.8. The Bertz CT molecular complexity index is 1110. The van der Waals surface area contributed by atoms with E-state index in [2.05, 4.69) is 15.4 Å². The lowest BCUT2D eigenvalue weighted by Gasteiger charge is -2.07. The van der Waals surface area contributed by atoms with E-state index < -0.39 is 0 Å². The third kappa shape index (κ3) is 3.17. The average Bonchev–Trinajstić information content (AvgIpc) is 3.10. The van der Waals surface area contributed by atoms with Gasteiger partial charge in [0.05, 0.1) is 22.5 Å². The summed E-state index contributed by atoms with van der Waals surface area (Å²) in [5, 5.41) is 8.65. The third-order valence-corrected chi connectivity index (χ3v) is 4.30. The van der Waals surface area contributed by atoms with Gasteiger partial charge < -0.3 is 5.32 Å². The molecule has 0 radical (unpaired) electrons. The van der Waals surface area contributed by atoms with Gasteiger partial charge in [-0.05, 0) is 43.3 Å². The first-order valence-corrected chi connectivity index (χ1v) is 8.47. The molecule has 0 bridgehead atoms. The SMILES string of the molecule is Cc1nc2ccc(Cl)cc2cc1C(=O)Nc1ccn(-c2ccccc2)n1. The lowest BCUT2D eigenvalue weighted by Crippen LogP contribution is -2.15. The number of carbonyl (C=O) groups is 1. The molecule has 6 heteroatoms. The van der Waals surface area contributed by atoms with E-state index in [1.165, 1.54) is 0 Å². The summed E-state index contributed by atoms with van der Waals surface area (Å²) in [4.78, 5) is 17.2. The van der Waals surface area contributed by atoms with Gasteiger partial charge in [-0.1, -0.05) is 29.8 Å². The van der Waals surface area contributed by atoms with Crippen LogP contribution in [0.4, 0.5) is 5.82 Å². The summed E-state index contributed by atoms with van der Waals surface area (Å²) in [6.45, 7) is 1.81. The van der Waals surface area contributed by atoms with Crippen molar-refractivity contribution in [3.05, 3.63) is 83.1 Å². The molecule has 2 heterocycles. The van der Waals surface area contributed by atoms with Crippen LogP contribution < -0.4 is 5.32 Å². The molecule has 4 aromatic rings.